The van der Waals surface area contributed by atoms with Crippen molar-refractivity contribution in [2.24, 2.45) is 11.5 Å². The maximum absolute atomic E-state index is 12.9. The quantitative estimate of drug-likeness (QED) is 0.232. The zero-order valence-corrected chi connectivity index (χ0v) is 19.3. The average Bonchev–Trinajstić information content (AvgIpc) is 2.88. The molecule has 35 heavy (non-hydrogen) atoms. The molecule has 176 valence electrons. The summed E-state index contributed by atoms with van der Waals surface area (Å²) in [4.78, 5) is 14.8. The monoisotopic (exact) mass is 464 g/mol. The first-order chi connectivity index (χ1) is 17.0. The molecule has 6 heteroatoms. The molecule has 1 amide bonds. The molecule has 0 fully saturated rings. The van der Waals surface area contributed by atoms with Crippen LogP contribution in [0, 0.1) is 5.41 Å². The van der Waals surface area contributed by atoms with E-state index in [1.807, 2.05) is 102 Å². The Morgan fingerprint density at radius 2 is 1.43 bits per heavy atom. The number of benzene rings is 4. The Morgan fingerprint density at radius 3 is 2.03 bits per heavy atom. The van der Waals surface area contributed by atoms with Crippen molar-refractivity contribution in [1.82, 2.24) is 0 Å². The maximum Gasteiger partial charge on any atom is 0.244 e. The van der Waals surface area contributed by atoms with E-state index in [1.54, 1.807) is 12.1 Å². The molecule has 4 rings (SSSR count). The molecule has 1 atom stereocenters. The molecule has 0 saturated heterocycles. The third-order valence-electron chi connectivity index (χ3n) is 5.71. The number of anilines is 1. The number of hydrogen-bond donors (Lipinski definition) is 3. The Hall–Kier alpha value is -4.58. The van der Waals surface area contributed by atoms with E-state index in [2.05, 4.69) is 0 Å². The number of carbonyl (C=O) groups excluding carboxylic acids is 1. The van der Waals surface area contributed by atoms with Crippen LogP contribution in [-0.2, 0) is 17.9 Å². The molecule has 0 bridgehead atoms. The Labute approximate surface area is 205 Å². The summed E-state index contributed by atoms with van der Waals surface area (Å²) in [5.74, 6) is 0.168. The lowest BCUT2D eigenvalue weighted by molar-refractivity contribution is -0.119. The van der Waals surface area contributed by atoms with Gasteiger partial charge in [-0.3, -0.25) is 10.2 Å². The normalized spacial score (nSPS) is 11.4. The first kappa shape index (κ1) is 23.6. The molecular formula is C29H28N4O2. The number of primary amides is 1. The molecular weight excluding hydrogens is 436 g/mol. The Balaban J connectivity index is 1.67. The van der Waals surface area contributed by atoms with Crippen molar-refractivity contribution in [3.05, 3.63) is 131 Å². The zero-order chi connectivity index (χ0) is 24.6. The van der Waals surface area contributed by atoms with Crippen molar-refractivity contribution in [3.63, 3.8) is 0 Å². The van der Waals surface area contributed by atoms with Gasteiger partial charge in [0.2, 0.25) is 5.91 Å². The molecule has 0 aliphatic heterocycles. The number of rotatable bonds is 10. The van der Waals surface area contributed by atoms with Crippen LogP contribution in [0.1, 0.15) is 28.3 Å². The molecule has 0 aromatic heterocycles. The number of ether oxygens (including phenoxy) is 1. The molecule has 0 aliphatic carbocycles. The van der Waals surface area contributed by atoms with Crippen LogP contribution in [0.15, 0.2) is 109 Å². The lowest BCUT2D eigenvalue weighted by Crippen LogP contribution is -2.37. The van der Waals surface area contributed by atoms with Gasteiger partial charge in [0.15, 0.2) is 0 Å². The van der Waals surface area contributed by atoms with Gasteiger partial charge >= 0.3 is 0 Å². The van der Waals surface area contributed by atoms with Crippen LogP contribution in [0.2, 0.25) is 0 Å². The second-order valence-electron chi connectivity index (χ2n) is 8.23. The third kappa shape index (κ3) is 6.06. The van der Waals surface area contributed by atoms with Crippen molar-refractivity contribution in [1.29, 1.82) is 5.41 Å². The van der Waals surface area contributed by atoms with Gasteiger partial charge in [0.1, 0.15) is 24.2 Å². The highest BCUT2D eigenvalue weighted by atomic mass is 16.5. The fraction of sp³-hybridized carbons (Fsp3) is 0.103. The first-order valence-corrected chi connectivity index (χ1v) is 11.3. The molecule has 5 N–H and O–H groups in total. The largest absolute Gasteiger partial charge is 0.489 e. The van der Waals surface area contributed by atoms with Crippen LogP contribution < -0.4 is 21.1 Å². The van der Waals surface area contributed by atoms with Crippen molar-refractivity contribution in [2.75, 3.05) is 4.90 Å². The molecule has 0 aliphatic rings. The number of nitrogens with zero attached hydrogens (tertiary/aromatic N) is 1. The predicted molar refractivity (Wildman–Crippen MR) is 139 cm³/mol. The summed E-state index contributed by atoms with van der Waals surface area (Å²) in [6, 6.07) is 33.8. The molecule has 4 aromatic carbocycles. The van der Waals surface area contributed by atoms with E-state index in [9.17, 15) is 4.79 Å². The Bertz CT molecular complexity index is 1280. The number of hydrogen-bond acceptors (Lipinski definition) is 4. The average molecular weight is 465 g/mol. The zero-order valence-electron chi connectivity index (χ0n) is 19.3. The highest BCUT2D eigenvalue weighted by Gasteiger charge is 2.27. The molecule has 0 spiro atoms. The lowest BCUT2D eigenvalue weighted by Gasteiger charge is -2.32. The summed E-state index contributed by atoms with van der Waals surface area (Å²) in [7, 11) is 0. The van der Waals surface area contributed by atoms with Crippen molar-refractivity contribution in [2.45, 2.75) is 19.2 Å². The van der Waals surface area contributed by atoms with Crippen LogP contribution >= 0.6 is 0 Å². The van der Waals surface area contributed by atoms with Crippen LogP contribution in [-0.4, -0.2) is 11.7 Å². The summed E-state index contributed by atoms with van der Waals surface area (Å²) in [5.41, 5.74) is 15.8. The summed E-state index contributed by atoms with van der Waals surface area (Å²) in [6.07, 6.45) is 0. The number of nitrogens with two attached hydrogens (primary N) is 2. The van der Waals surface area contributed by atoms with Crippen molar-refractivity contribution >= 4 is 17.4 Å². The van der Waals surface area contributed by atoms with Gasteiger partial charge in [0.05, 0.1) is 0 Å². The smallest absolute Gasteiger partial charge is 0.244 e. The van der Waals surface area contributed by atoms with Gasteiger partial charge < -0.3 is 21.1 Å². The van der Waals surface area contributed by atoms with E-state index in [1.165, 1.54) is 0 Å². The Kier molecular flexibility index (Phi) is 7.43. The summed E-state index contributed by atoms with van der Waals surface area (Å²) < 4.78 is 6.00. The number of amides is 1. The minimum absolute atomic E-state index is 0.0131. The molecule has 1 unspecified atom stereocenters. The van der Waals surface area contributed by atoms with Gasteiger partial charge in [0, 0.05) is 17.8 Å². The minimum atomic E-state index is -0.737. The maximum atomic E-state index is 12.9. The minimum Gasteiger partial charge on any atom is -0.489 e. The van der Waals surface area contributed by atoms with Crippen molar-refractivity contribution < 1.29 is 9.53 Å². The fourth-order valence-electron chi connectivity index (χ4n) is 3.96. The summed E-state index contributed by atoms with van der Waals surface area (Å²) >= 11 is 0. The van der Waals surface area contributed by atoms with Gasteiger partial charge in [-0.2, -0.15) is 0 Å². The topological polar surface area (TPSA) is 105 Å². The van der Waals surface area contributed by atoms with Crippen LogP contribution in [0.3, 0.4) is 0 Å². The fourth-order valence-corrected chi connectivity index (χ4v) is 3.96. The van der Waals surface area contributed by atoms with Gasteiger partial charge in [-0.1, -0.05) is 72.8 Å². The molecule has 0 radical (unpaired) electrons. The van der Waals surface area contributed by atoms with E-state index >= 15 is 0 Å². The summed E-state index contributed by atoms with van der Waals surface area (Å²) in [6.45, 7) is 0.884. The summed E-state index contributed by atoms with van der Waals surface area (Å²) in [5, 5.41) is 7.68. The Morgan fingerprint density at radius 1 is 0.800 bits per heavy atom. The highest BCUT2D eigenvalue weighted by molar-refractivity contribution is 5.95. The predicted octanol–water partition coefficient (Wildman–Crippen LogP) is 4.78. The number of nitrogen functional groups attached to an aromatic ring is 1. The van der Waals surface area contributed by atoms with Crippen LogP contribution in [0.5, 0.6) is 5.75 Å². The molecule has 0 saturated carbocycles. The van der Waals surface area contributed by atoms with E-state index in [4.69, 9.17) is 21.6 Å². The standard InChI is InChI=1S/C29H28N4O2/c30-28(31)23-14-16-25(17-15-23)33(19-21-8-3-1-4-9-21)27(29(32)34)24-12-7-13-26(18-24)35-20-22-10-5-2-6-11-22/h1-18,27H,19-20H2,(H3,30,31)(H2,32,34). The van der Waals surface area contributed by atoms with Crippen LogP contribution in [0.25, 0.3) is 0 Å². The first-order valence-electron chi connectivity index (χ1n) is 11.3. The van der Waals surface area contributed by atoms with E-state index in [0.29, 0.717) is 24.5 Å². The second-order valence-corrected chi connectivity index (χ2v) is 8.23. The van der Waals surface area contributed by atoms with Crippen molar-refractivity contribution in [3.8, 4) is 5.75 Å². The molecule has 6 nitrogen and oxygen atoms in total. The molecule has 4 aromatic rings. The number of carbonyl (C=O) groups is 1. The lowest BCUT2D eigenvalue weighted by atomic mass is 10.0. The van der Waals surface area contributed by atoms with Crippen LogP contribution in [0.4, 0.5) is 5.69 Å². The SMILES string of the molecule is N=C(N)c1ccc(N(Cc2ccccc2)C(C(N)=O)c2cccc(OCc3ccccc3)c2)cc1. The van der Waals surface area contributed by atoms with Gasteiger partial charge in [-0.15, -0.1) is 0 Å². The van der Waals surface area contributed by atoms with E-state index in [0.717, 1.165) is 22.4 Å². The van der Waals surface area contributed by atoms with E-state index < -0.39 is 11.9 Å². The third-order valence-corrected chi connectivity index (χ3v) is 5.71. The highest BCUT2D eigenvalue weighted by Crippen LogP contribution is 2.31. The second kappa shape index (κ2) is 11.0. The molecule has 0 heterocycles. The number of nitrogens with one attached hydrogen (secondary N) is 1. The van der Waals surface area contributed by atoms with E-state index in [-0.39, 0.29) is 5.84 Å². The van der Waals surface area contributed by atoms with Gasteiger partial charge in [-0.25, -0.2) is 0 Å². The van der Waals surface area contributed by atoms with Gasteiger partial charge in [-0.05, 0) is 53.1 Å². The van der Waals surface area contributed by atoms with Gasteiger partial charge in [0.25, 0.3) is 0 Å². The number of amidine groups is 1.